The quantitative estimate of drug-likeness (QED) is 0.565. The molecule has 0 spiro atoms. The Labute approximate surface area is 82.3 Å². The van der Waals surface area contributed by atoms with E-state index in [1.54, 1.807) is 6.07 Å². The summed E-state index contributed by atoms with van der Waals surface area (Å²) in [5.41, 5.74) is 0.578. The van der Waals surface area contributed by atoms with Gasteiger partial charge in [0, 0.05) is 0 Å². The van der Waals surface area contributed by atoms with Crippen LogP contribution in [0.2, 0.25) is 0 Å². The van der Waals surface area contributed by atoms with Crippen molar-refractivity contribution in [2.75, 3.05) is 7.11 Å². The Balaban J connectivity index is 3.00. The molecule has 1 aromatic rings. The first-order valence-electron chi connectivity index (χ1n) is 4.07. The summed E-state index contributed by atoms with van der Waals surface area (Å²) >= 11 is 0. The maximum absolute atomic E-state index is 10.0. The molecule has 0 saturated carbocycles. The lowest BCUT2D eigenvalue weighted by Gasteiger charge is -2.02. The Kier molecular flexibility index (Phi) is 3.57. The second-order valence-corrected chi connectivity index (χ2v) is 2.56. The van der Waals surface area contributed by atoms with Crippen molar-refractivity contribution in [3.8, 4) is 23.3 Å². The van der Waals surface area contributed by atoms with Gasteiger partial charge in [-0.15, -0.1) is 0 Å². The molecule has 0 aliphatic carbocycles. The molecule has 0 unspecified atom stereocenters. The molecule has 1 rings (SSSR count). The number of methoxy groups -OCH3 is 1. The lowest BCUT2D eigenvalue weighted by Crippen LogP contribution is -1.87. The molecule has 0 atom stereocenters. The van der Waals surface area contributed by atoms with Crippen LogP contribution in [-0.2, 0) is 4.79 Å². The molecule has 1 aromatic carbocycles. The van der Waals surface area contributed by atoms with Crippen molar-refractivity contribution in [1.82, 2.24) is 0 Å². The van der Waals surface area contributed by atoms with Gasteiger partial charge in [-0.05, 0) is 18.2 Å². The highest BCUT2D eigenvalue weighted by atomic mass is 16.5. The van der Waals surface area contributed by atoms with E-state index in [9.17, 15) is 9.90 Å². The molecule has 0 radical (unpaired) electrons. The van der Waals surface area contributed by atoms with Crippen molar-refractivity contribution < 1.29 is 14.6 Å². The first kappa shape index (κ1) is 10.1. The van der Waals surface area contributed by atoms with Gasteiger partial charge in [-0.2, -0.15) is 0 Å². The number of aldehydes is 1. The maximum atomic E-state index is 10.0. The molecule has 0 heterocycles. The van der Waals surface area contributed by atoms with Gasteiger partial charge in [0.05, 0.1) is 19.1 Å². The molecular formula is C11H10O3. The molecule has 1 N–H and O–H groups in total. The summed E-state index contributed by atoms with van der Waals surface area (Å²) in [5, 5.41) is 9.20. The number of rotatable bonds is 2. The van der Waals surface area contributed by atoms with Crippen molar-refractivity contribution in [3.05, 3.63) is 23.8 Å². The highest BCUT2D eigenvalue weighted by Gasteiger charge is 1.99. The van der Waals surface area contributed by atoms with Crippen LogP contribution in [0.15, 0.2) is 18.2 Å². The zero-order chi connectivity index (χ0) is 10.4. The summed E-state index contributed by atoms with van der Waals surface area (Å²) in [4.78, 5) is 10.0. The summed E-state index contributed by atoms with van der Waals surface area (Å²) in [6.45, 7) is 0. The summed E-state index contributed by atoms with van der Waals surface area (Å²) < 4.78 is 5.03. The third-order valence-corrected chi connectivity index (χ3v) is 1.59. The van der Waals surface area contributed by atoms with Crippen LogP contribution in [0.1, 0.15) is 12.0 Å². The van der Waals surface area contributed by atoms with E-state index in [2.05, 4.69) is 11.8 Å². The smallest absolute Gasteiger partial charge is 0.134 e. The number of hydrogen-bond donors (Lipinski definition) is 1. The molecule has 0 amide bonds. The van der Waals surface area contributed by atoms with Gasteiger partial charge in [0.2, 0.25) is 0 Å². The number of benzene rings is 1. The van der Waals surface area contributed by atoms with Crippen LogP contribution in [0.3, 0.4) is 0 Å². The van der Waals surface area contributed by atoms with Gasteiger partial charge in [-0.3, -0.25) is 0 Å². The number of ether oxygens (including phenoxy) is 1. The van der Waals surface area contributed by atoms with E-state index in [1.165, 1.54) is 19.2 Å². The Morgan fingerprint density at radius 3 is 3.00 bits per heavy atom. The van der Waals surface area contributed by atoms with Gasteiger partial charge in [-0.25, -0.2) is 0 Å². The molecule has 3 heteroatoms. The van der Waals surface area contributed by atoms with Gasteiger partial charge in [0.15, 0.2) is 0 Å². The van der Waals surface area contributed by atoms with Crippen molar-refractivity contribution >= 4 is 6.29 Å². The minimum absolute atomic E-state index is 0.126. The van der Waals surface area contributed by atoms with Crippen molar-refractivity contribution in [3.63, 3.8) is 0 Å². The normalized spacial score (nSPS) is 8.64. The van der Waals surface area contributed by atoms with Crippen LogP contribution in [0.5, 0.6) is 11.5 Å². The fourth-order valence-corrected chi connectivity index (χ4v) is 0.982. The minimum atomic E-state index is 0.126. The highest BCUT2D eigenvalue weighted by molar-refractivity contribution is 5.56. The van der Waals surface area contributed by atoms with E-state index < -0.39 is 0 Å². The van der Waals surface area contributed by atoms with Gasteiger partial charge < -0.3 is 14.6 Å². The number of aromatic hydroxyl groups is 1. The summed E-state index contributed by atoms with van der Waals surface area (Å²) in [7, 11) is 1.53. The molecule has 0 saturated heterocycles. The zero-order valence-corrected chi connectivity index (χ0v) is 7.78. The van der Waals surface area contributed by atoms with Gasteiger partial charge >= 0.3 is 0 Å². The van der Waals surface area contributed by atoms with Gasteiger partial charge in [0.25, 0.3) is 0 Å². The van der Waals surface area contributed by atoms with E-state index >= 15 is 0 Å². The summed E-state index contributed by atoms with van der Waals surface area (Å²) in [5.74, 6) is 6.09. The Morgan fingerprint density at radius 2 is 2.36 bits per heavy atom. The van der Waals surface area contributed by atoms with Crippen LogP contribution in [0, 0.1) is 11.8 Å². The fourth-order valence-electron chi connectivity index (χ4n) is 0.982. The SMILES string of the molecule is COc1ccc(O)cc1C#CCC=O. The second-order valence-electron chi connectivity index (χ2n) is 2.56. The van der Waals surface area contributed by atoms with Crippen molar-refractivity contribution in [2.24, 2.45) is 0 Å². The van der Waals surface area contributed by atoms with E-state index in [4.69, 9.17) is 4.74 Å². The number of hydrogen-bond acceptors (Lipinski definition) is 3. The Bertz CT molecular complexity index is 385. The minimum Gasteiger partial charge on any atom is -0.508 e. The van der Waals surface area contributed by atoms with Crippen LogP contribution < -0.4 is 4.74 Å². The van der Waals surface area contributed by atoms with Crippen molar-refractivity contribution in [2.45, 2.75) is 6.42 Å². The molecule has 0 fully saturated rings. The molecule has 3 nitrogen and oxygen atoms in total. The third-order valence-electron chi connectivity index (χ3n) is 1.59. The molecule has 72 valence electrons. The van der Waals surface area contributed by atoms with Gasteiger partial charge in [-0.1, -0.05) is 11.8 Å². The molecule has 0 aliphatic heterocycles. The largest absolute Gasteiger partial charge is 0.508 e. The van der Waals surface area contributed by atoms with Crippen LogP contribution >= 0.6 is 0 Å². The van der Waals surface area contributed by atoms with Gasteiger partial charge in [0.1, 0.15) is 17.8 Å². The Morgan fingerprint density at radius 1 is 1.57 bits per heavy atom. The van der Waals surface area contributed by atoms with E-state index in [0.717, 1.165) is 6.29 Å². The number of phenolic OH excluding ortho intramolecular Hbond substituents is 1. The first-order chi connectivity index (χ1) is 6.77. The molecule has 0 aromatic heterocycles. The Hall–Kier alpha value is -1.95. The van der Waals surface area contributed by atoms with Crippen LogP contribution in [0.25, 0.3) is 0 Å². The zero-order valence-electron chi connectivity index (χ0n) is 7.78. The van der Waals surface area contributed by atoms with Crippen LogP contribution in [-0.4, -0.2) is 18.5 Å². The lowest BCUT2D eigenvalue weighted by atomic mass is 10.2. The second kappa shape index (κ2) is 4.93. The number of phenols is 1. The predicted octanol–water partition coefficient (Wildman–Crippen LogP) is 1.34. The number of carbonyl (C=O) groups is 1. The first-order valence-corrected chi connectivity index (χ1v) is 4.07. The van der Waals surface area contributed by atoms with E-state index in [-0.39, 0.29) is 12.2 Å². The topological polar surface area (TPSA) is 46.5 Å². The molecule has 14 heavy (non-hydrogen) atoms. The highest BCUT2D eigenvalue weighted by Crippen LogP contribution is 2.21. The average Bonchev–Trinajstić information content (AvgIpc) is 2.19. The molecule has 0 aliphatic rings. The average molecular weight is 190 g/mol. The lowest BCUT2D eigenvalue weighted by molar-refractivity contribution is -0.107. The summed E-state index contributed by atoms with van der Waals surface area (Å²) in [6.07, 6.45) is 0.904. The fraction of sp³-hybridized carbons (Fsp3) is 0.182. The monoisotopic (exact) mass is 190 g/mol. The predicted molar refractivity (Wildman–Crippen MR) is 52.2 cm³/mol. The van der Waals surface area contributed by atoms with E-state index in [1.807, 2.05) is 0 Å². The molecular weight excluding hydrogens is 180 g/mol. The maximum Gasteiger partial charge on any atom is 0.134 e. The number of carbonyl (C=O) groups excluding carboxylic acids is 1. The van der Waals surface area contributed by atoms with Crippen LogP contribution in [0.4, 0.5) is 0 Å². The van der Waals surface area contributed by atoms with E-state index in [0.29, 0.717) is 11.3 Å². The summed E-state index contributed by atoms with van der Waals surface area (Å²) in [6, 6.07) is 4.64. The molecule has 0 bridgehead atoms. The van der Waals surface area contributed by atoms with Crippen molar-refractivity contribution in [1.29, 1.82) is 0 Å². The third kappa shape index (κ3) is 2.53. The standard InChI is InChI=1S/C11H10O3/c1-14-11-6-5-10(13)8-9(11)4-2-3-7-12/h5-8,13H,3H2,1H3.